The molecule has 1 aromatic rings. The van der Waals surface area contributed by atoms with E-state index in [4.69, 9.17) is 16.7 Å². The Labute approximate surface area is 115 Å². The van der Waals surface area contributed by atoms with Crippen molar-refractivity contribution in [3.05, 3.63) is 32.8 Å². The number of primary sulfonamides is 1. The van der Waals surface area contributed by atoms with Gasteiger partial charge >= 0.3 is 0 Å². The maximum absolute atomic E-state index is 10.7. The van der Waals surface area contributed by atoms with Gasteiger partial charge in [0.1, 0.15) is 5.02 Å². The molecular formula is C10H14ClN3O4S. The Morgan fingerprint density at radius 1 is 1.47 bits per heavy atom. The second-order valence-electron chi connectivity index (χ2n) is 4.02. The normalized spacial score (nSPS) is 11.3. The second-order valence-corrected chi connectivity index (χ2v) is 6.16. The fourth-order valence-electron chi connectivity index (χ4n) is 1.49. The first-order valence-corrected chi connectivity index (χ1v) is 7.49. The molecule has 0 aromatic heterocycles. The van der Waals surface area contributed by atoms with E-state index in [-0.39, 0.29) is 16.5 Å². The van der Waals surface area contributed by atoms with Crippen LogP contribution < -0.4 is 10.5 Å². The van der Waals surface area contributed by atoms with Crippen LogP contribution >= 0.6 is 11.6 Å². The average molecular weight is 308 g/mol. The van der Waals surface area contributed by atoms with Crippen molar-refractivity contribution in [2.45, 2.75) is 13.3 Å². The average Bonchev–Trinajstić information content (AvgIpc) is 2.26. The lowest BCUT2D eigenvalue weighted by Crippen LogP contribution is -2.18. The van der Waals surface area contributed by atoms with Crippen LogP contribution in [0.5, 0.6) is 0 Å². The molecule has 0 fully saturated rings. The maximum atomic E-state index is 10.7. The molecule has 1 rings (SSSR count). The van der Waals surface area contributed by atoms with Crippen molar-refractivity contribution in [1.29, 1.82) is 0 Å². The molecule has 0 saturated heterocycles. The number of nitrogens with two attached hydrogens (primary N) is 1. The lowest BCUT2D eigenvalue weighted by atomic mass is 10.1. The Kier molecular flexibility index (Phi) is 5.10. The van der Waals surface area contributed by atoms with Crippen molar-refractivity contribution < 1.29 is 13.3 Å². The Balaban J connectivity index is 2.70. The molecule has 0 unspecified atom stereocenters. The van der Waals surface area contributed by atoms with Crippen LogP contribution in [0.15, 0.2) is 12.1 Å². The molecular weight excluding hydrogens is 294 g/mol. The van der Waals surface area contributed by atoms with E-state index in [9.17, 15) is 18.5 Å². The summed E-state index contributed by atoms with van der Waals surface area (Å²) in [5.74, 6) is -0.125. The van der Waals surface area contributed by atoms with E-state index in [0.29, 0.717) is 24.2 Å². The monoisotopic (exact) mass is 307 g/mol. The van der Waals surface area contributed by atoms with Gasteiger partial charge < -0.3 is 5.32 Å². The van der Waals surface area contributed by atoms with E-state index >= 15 is 0 Å². The van der Waals surface area contributed by atoms with Crippen LogP contribution in [0.4, 0.5) is 11.4 Å². The van der Waals surface area contributed by atoms with Crippen molar-refractivity contribution in [3.63, 3.8) is 0 Å². The number of nitro groups is 1. The van der Waals surface area contributed by atoms with Crippen LogP contribution in [0.2, 0.25) is 5.02 Å². The number of nitrogens with one attached hydrogen (secondary N) is 1. The molecule has 0 radical (unpaired) electrons. The molecule has 0 aliphatic carbocycles. The summed E-state index contributed by atoms with van der Waals surface area (Å²) in [5, 5.41) is 18.5. The number of halogens is 1. The number of nitro benzene ring substituents is 1. The van der Waals surface area contributed by atoms with Crippen LogP contribution in [-0.2, 0) is 10.0 Å². The molecule has 19 heavy (non-hydrogen) atoms. The van der Waals surface area contributed by atoms with Gasteiger partial charge in [-0.15, -0.1) is 0 Å². The highest BCUT2D eigenvalue weighted by molar-refractivity contribution is 7.89. The first-order chi connectivity index (χ1) is 8.70. The van der Waals surface area contributed by atoms with E-state index in [1.165, 1.54) is 12.1 Å². The van der Waals surface area contributed by atoms with Crippen molar-refractivity contribution in [2.24, 2.45) is 5.14 Å². The molecule has 0 heterocycles. The molecule has 9 heteroatoms. The van der Waals surface area contributed by atoms with Crippen LogP contribution in [0.3, 0.4) is 0 Å². The van der Waals surface area contributed by atoms with E-state index in [0.717, 1.165) is 0 Å². The molecule has 0 atom stereocenters. The van der Waals surface area contributed by atoms with Gasteiger partial charge in [-0.2, -0.15) is 0 Å². The van der Waals surface area contributed by atoms with E-state index in [1.54, 1.807) is 6.92 Å². The highest BCUT2D eigenvalue weighted by atomic mass is 35.5. The van der Waals surface area contributed by atoms with Gasteiger partial charge in [-0.25, -0.2) is 13.6 Å². The lowest BCUT2D eigenvalue weighted by Gasteiger charge is -2.09. The second kappa shape index (κ2) is 6.18. The molecule has 0 aliphatic rings. The first-order valence-electron chi connectivity index (χ1n) is 5.39. The predicted molar refractivity (Wildman–Crippen MR) is 73.9 cm³/mol. The zero-order valence-electron chi connectivity index (χ0n) is 10.2. The number of benzene rings is 1. The summed E-state index contributed by atoms with van der Waals surface area (Å²) < 4.78 is 21.5. The van der Waals surface area contributed by atoms with Crippen LogP contribution in [0, 0.1) is 17.0 Å². The van der Waals surface area contributed by atoms with E-state index in [1.807, 2.05) is 0 Å². The zero-order chi connectivity index (χ0) is 14.6. The molecule has 0 amide bonds. The minimum Gasteiger partial charge on any atom is -0.385 e. The smallest absolute Gasteiger partial charge is 0.288 e. The van der Waals surface area contributed by atoms with Gasteiger partial charge in [0.05, 0.1) is 10.7 Å². The summed E-state index contributed by atoms with van der Waals surface area (Å²) in [6.07, 6.45) is 0.340. The summed E-state index contributed by atoms with van der Waals surface area (Å²) in [5.41, 5.74) is 1.13. The minimum absolute atomic E-state index is 0.0320. The highest BCUT2D eigenvalue weighted by Crippen LogP contribution is 2.30. The SMILES string of the molecule is Cc1cc([N+](=O)[O-])c(Cl)cc1NCCCS(N)(=O)=O. The highest BCUT2D eigenvalue weighted by Gasteiger charge is 2.14. The van der Waals surface area contributed by atoms with E-state index in [2.05, 4.69) is 5.32 Å². The third kappa shape index (κ3) is 5.01. The zero-order valence-corrected chi connectivity index (χ0v) is 11.8. The topological polar surface area (TPSA) is 115 Å². The lowest BCUT2D eigenvalue weighted by molar-refractivity contribution is -0.384. The number of nitrogens with zero attached hydrogens (tertiary/aromatic N) is 1. The van der Waals surface area contributed by atoms with Crippen LogP contribution in [0.1, 0.15) is 12.0 Å². The summed E-state index contributed by atoms with van der Waals surface area (Å²) in [6.45, 7) is 2.08. The third-order valence-electron chi connectivity index (χ3n) is 2.41. The number of hydrogen-bond donors (Lipinski definition) is 2. The Bertz CT molecular complexity index is 589. The van der Waals surface area contributed by atoms with Crippen molar-refractivity contribution in [1.82, 2.24) is 0 Å². The van der Waals surface area contributed by atoms with Gasteiger partial charge in [0.25, 0.3) is 5.69 Å². The molecule has 0 saturated carbocycles. The fourth-order valence-corrected chi connectivity index (χ4v) is 2.27. The van der Waals surface area contributed by atoms with E-state index < -0.39 is 14.9 Å². The Morgan fingerprint density at radius 2 is 2.11 bits per heavy atom. The van der Waals surface area contributed by atoms with Gasteiger partial charge in [-0.3, -0.25) is 10.1 Å². The molecule has 0 spiro atoms. The summed E-state index contributed by atoms with van der Waals surface area (Å²) in [6, 6.07) is 2.82. The maximum Gasteiger partial charge on any atom is 0.288 e. The number of hydrogen-bond acceptors (Lipinski definition) is 5. The minimum atomic E-state index is -3.47. The van der Waals surface area contributed by atoms with Gasteiger partial charge in [-0.1, -0.05) is 11.6 Å². The third-order valence-corrected chi connectivity index (χ3v) is 3.57. The molecule has 3 N–H and O–H groups in total. The summed E-state index contributed by atoms with van der Waals surface area (Å²) in [7, 11) is -3.47. The van der Waals surface area contributed by atoms with Gasteiger partial charge in [0.15, 0.2) is 0 Å². The number of sulfonamides is 1. The van der Waals surface area contributed by atoms with Crippen LogP contribution in [-0.4, -0.2) is 25.6 Å². The first kappa shape index (κ1) is 15.7. The quantitative estimate of drug-likeness (QED) is 0.471. The molecule has 0 aliphatic heterocycles. The fraction of sp³-hybridized carbons (Fsp3) is 0.400. The van der Waals surface area contributed by atoms with Crippen LogP contribution in [0.25, 0.3) is 0 Å². The number of aryl methyl sites for hydroxylation is 1. The van der Waals surface area contributed by atoms with Crippen molar-refractivity contribution >= 4 is 33.0 Å². The molecule has 106 valence electrons. The Morgan fingerprint density at radius 3 is 2.63 bits per heavy atom. The number of rotatable bonds is 6. The van der Waals surface area contributed by atoms with Crippen molar-refractivity contribution in [3.8, 4) is 0 Å². The summed E-state index contributed by atoms with van der Waals surface area (Å²) in [4.78, 5) is 10.1. The van der Waals surface area contributed by atoms with Crippen molar-refractivity contribution in [2.75, 3.05) is 17.6 Å². The largest absolute Gasteiger partial charge is 0.385 e. The van der Waals surface area contributed by atoms with Gasteiger partial charge in [-0.05, 0) is 25.0 Å². The molecule has 1 aromatic carbocycles. The summed E-state index contributed by atoms with van der Waals surface area (Å²) >= 11 is 5.78. The standard InChI is InChI=1S/C10H14ClN3O4S/c1-7-5-10(14(15)16)8(11)6-9(7)13-3-2-4-19(12,17)18/h5-6,13H,2-4H2,1H3,(H2,12,17,18). The van der Waals surface area contributed by atoms with Gasteiger partial charge in [0.2, 0.25) is 10.0 Å². The number of anilines is 1. The molecule has 0 bridgehead atoms. The van der Waals surface area contributed by atoms with Gasteiger partial charge in [0, 0.05) is 18.3 Å². The predicted octanol–water partition coefficient (Wildman–Crippen LogP) is 1.65. The molecule has 7 nitrogen and oxygen atoms in total. The Hall–Kier alpha value is -1.38.